The van der Waals surface area contributed by atoms with Gasteiger partial charge in [0, 0.05) is 24.8 Å². The Morgan fingerprint density at radius 1 is 1.17 bits per heavy atom. The summed E-state index contributed by atoms with van der Waals surface area (Å²) >= 11 is 0. The lowest BCUT2D eigenvalue weighted by Crippen LogP contribution is -2.40. The molecule has 2 rings (SSSR count). The third kappa shape index (κ3) is 4.29. The maximum Gasteiger partial charge on any atom is 0.313 e. The van der Waals surface area contributed by atoms with Crippen LogP contribution in [0.3, 0.4) is 0 Å². The molecule has 2 aromatic rings. The number of amides is 2. The van der Waals surface area contributed by atoms with Crippen LogP contribution in [0.4, 0.5) is 5.69 Å². The van der Waals surface area contributed by atoms with Gasteiger partial charge in [0.25, 0.3) is 0 Å². The second-order valence-corrected chi connectivity index (χ2v) is 5.50. The second kappa shape index (κ2) is 8.06. The number of carbonyl (C=O) groups excluding carboxylic acids is 2. The molecule has 5 nitrogen and oxygen atoms in total. The van der Waals surface area contributed by atoms with Crippen LogP contribution in [0.25, 0.3) is 11.3 Å². The summed E-state index contributed by atoms with van der Waals surface area (Å²) < 4.78 is 0. The fraction of sp³-hybridized carbons (Fsp3) is 0.211. The largest absolute Gasteiger partial charge is 0.331 e. The van der Waals surface area contributed by atoms with Crippen LogP contribution < -0.4 is 5.32 Å². The summed E-state index contributed by atoms with van der Waals surface area (Å²) in [5.74, 6) is -1.26. The molecule has 124 valence electrons. The molecule has 24 heavy (non-hydrogen) atoms. The summed E-state index contributed by atoms with van der Waals surface area (Å²) in [5.41, 5.74) is 2.83. The molecule has 0 spiro atoms. The van der Waals surface area contributed by atoms with Crippen molar-refractivity contribution < 1.29 is 9.59 Å². The van der Waals surface area contributed by atoms with E-state index in [1.165, 1.54) is 4.90 Å². The van der Waals surface area contributed by atoms with Gasteiger partial charge in [0.15, 0.2) is 0 Å². The van der Waals surface area contributed by atoms with Crippen molar-refractivity contribution >= 4 is 17.5 Å². The van der Waals surface area contributed by atoms with Gasteiger partial charge in [-0.3, -0.25) is 14.6 Å². The van der Waals surface area contributed by atoms with E-state index in [1.807, 2.05) is 44.2 Å². The van der Waals surface area contributed by atoms with E-state index >= 15 is 0 Å². The first-order valence-corrected chi connectivity index (χ1v) is 7.78. The molecular formula is C19H21N3O2. The van der Waals surface area contributed by atoms with Crippen molar-refractivity contribution in [3.8, 4) is 11.3 Å². The Morgan fingerprint density at radius 3 is 2.50 bits per heavy atom. The average Bonchev–Trinajstić information content (AvgIpc) is 2.60. The van der Waals surface area contributed by atoms with Gasteiger partial charge in [-0.05, 0) is 26.0 Å². The Hall–Kier alpha value is -2.95. The molecule has 1 aromatic carbocycles. The first kappa shape index (κ1) is 17.4. The minimum atomic E-state index is -0.678. The number of carbonyl (C=O) groups is 2. The minimum Gasteiger partial charge on any atom is -0.331 e. The van der Waals surface area contributed by atoms with Gasteiger partial charge in [0.1, 0.15) is 0 Å². The van der Waals surface area contributed by atoms with Crippen LogP contribution in [0.15, 0.2) is 60.8 Å². The summed E-state index contributed by atoms with van der Waals surface area (Å²) in [4.78, 5) is 30.4. The monoisotopic (exact) mass is 323 g/mol. The van der Waals surface area contributed by atoms with E-state index < -0.39 is 11.8 Å². The van der Waals surface area contributed by atoms with E-state index in [4.69, 9.17) is 0 Å². The second-order valence-electron chi connectivity index (χ2n) is 5.50. The molecule has 0 aliphatic rings. The van der Waals surface area contributed by atoms with E-state index in [9.17, 15) is 9.59 Å². The Morgan fingerprint density at radius 2 is 1.88 bits per heavy atom. The quantitative estimate of drug-likeness (QED) is 0.679. The highest BCUT2D eigenvalue weighted by molar-refractivity contribution is 6.39. The zero-order chi connectivity index (χ0) is 17.5. The lowest BCUT2D eigenvalue weighted by atomic mass is 10.1. The van der Waals surface area contributed by atoms with E-state index in [-0.39, 0.29) is 0 Å². The molecule has 0 aliphatic heterocycles. The molecule has 0 saturated carbocycles. The van der Waals surface area contributed by atoms with Gasteiger partial charge in [-0.15, -0.1) is 0 Å². The van der Waals surface area contributed by atoms with Crippen molar-refractivity contribution in [2.24, 2.45) is 0 Å². The Labute approximate surface area is 142 Å². The summed E-state index contributed by atoms with van der Waals surface area (Å²) in [6, 6.07) is 13.0. The number of hydrogen-bond acceptors (Lipinski definition) is 3. The molecule has 0 bridgehead atoms. The maximum atomic E-state index is 12.3. The third-order valence-electron chi connectivity index (χ3n) is 3.43. The summed E-state index contributed by atoms with van der Waals surface area (Å²) in [6.07, 6.45) is 1.65. The summed E-state index contributed by atoms with van der Waals surface area (Å²) in [5, 5.41) is 2.67. The predicted octanol–water partition coefficient (Wildman–Crippen LogP) is 3.11. The molecule has 0 fully saturated rings. The lowest BCUT2D eigenvalue weighted by molar-refractivity contribution is -0.142. The predicted molar refractivity (Wildman–Crippen MR) is 95.4 cm³/mol. The van der Waals surface area contributed by atoms with Crippen LogP contribution in [0, 0.1) is 0 Å². The molecule has 0 atom stereocenters. The number of likely N-dealkylation sites (N-methyl/N-ethyl adjacent to an activating group) is 1. The van der Waals surface area contributed by atoms with Crippen LogP contribution in [-0.2, 0) is 9.59 Å². The number of pyridine rings is 1. The summed E-state index contributed by atoms with van der Waals surface area (Å²) in [7, 11) is 0. The van der Waals surface area contributed by atoms with E-state index in [0.717, 1.165) is 11.1 Å². The topological polar surface area (TPSA) is 62.3 Å². The van der Waals surface area contributed by atoms with E-state index in [2.05, 4.69) is 16.9 Å². The van der Waals surface area contributed by atoms with Crippen LogP contribution in [0.5, 0.6) is 0 Å². The van der Waals surface area contributed by atoms with Crippen LogP contribution in [0.2, 0.25) is 0 Å². The van der Waals surface area contributed by atoms with Crippen LogP contribution in [-0.4, -0.2) is 34.8 Å². The Bertz CT molecular complexity index is 741. The average molecular weight is 323 g/mol. The van der Waals surface area contributed by atoms with E-state index in [1.54, 1.807) is 18.3 Å². The van der Waals surface area contributed by atoms with Gasteiger partial charge >= 0.3 is 11.8 Å². The fourth-order valence-electron chi connectivity index (χ4n) is 2.30. The SMILES string of the molecule is C=C(C)CN(CC)C(=O)C(=O)Nc1cccnc1-c1ccccc1. The highest BCUT2D eigenvalue weighted by Gasteiger charge is 2.21. The van der Waals surface area contributed by atoms with Crippen molar-refractivity contribution in [1.82, 2.24) is 9.88 Å². The van der Waals surface area contributed by atoms with Crippen molar-refractivity contribution in [3.63, 3.8) is 0 Å². The highest BCUT2D eigenvalue weighted by Crippen LogP contribution is 2.24. The van der Waals surface area contributed by atoms with E-state index in [0.29, 0.717) is 24.5 Å². The molecule has 0 aliphatic carbocycles. The molecule has 1 heterocycles. The van der Waals surface area contributed by atoms with Gasteiger partial charge in [-0.25, -0.2) is 0 Å². The molecule has 5 heteroatoms. The molecule has 1 aromatic heterocycles. The van der Waals surface area contributed by atoms with Crippen molar-refractivity contribution in [1.29, 1.82) is 0 Å². The van der Waals surface area contributed by atoms with Gasteiger partial charge in [-0.1, -0.05) is 42.5 Å². The number of hydrogen-bond donors (Lipinski definition) is 1. The number of nitrogens with zero attached hydrogens (tertiary/aromatic N) is 2. The van der Waals surface area contributed by atoms with Gasteiger partial charge in [-0.2, -0.15) is 0 Å². The highest BCUT2D eigenvalue weighted by atomic mass is 16.2. The number of benzene rings is 1. The molecule has 0 radical (unpaired) electrons. The Kier molecular flexibility index (Phi) is 5.84. The maximum absolute atomic E-state index is 12.3. The molecular weight excluding hydrogens is 302 g/mol. The third-order valence-corrected chi connectivity index (χ3v) is 3.43. The number of rotatable bonds is 5. The number of nitrogens with one attached hydrogen (secondary N) is 1. The smallest absolute Gasteiger partial charge is 0.313 e. The number of anilines is 1. The molecule has 1 N–H and O–H groups in total. The lowest BCUT2D eigenvalue weighted by Gasteiger charge is -2.20. The first-order chi connectivity index (χ1) is 11.5. The summed E-state index contributed by atoms with van der Waals surface area (Å²) in [6.45, 7) is 8.24. The number of aromatic nitrogens is 1. The van der Waals surface area contributed by atoms with Crippen molar-refractivity contribution in [2.45, 2.75) is 13.8 Å². The normalized spacial score (nSPS) is 10.1. The van der Waals surface area contributed by atoms with Gasteiger partial charge in [0.2, 0.25) is 0 Å². The van der Waals surface area contributed by atoms with Gasteiger partial charge < -0.3 is 10.2 Å². The molecule has 2 amide bonds. The van der Waals surface area contributed by atoms with Gasteiger partial charge in [0.05, 0.1) is 11.4 Å². The molecule has 0 saturated heterocycles. The van der Waals surface area contributed by atoms with Crippen molar-refractivity contribution in [2.75, 3.05) is 18.4 Å². The fourth-order valence-corrected chi connectivity index (χ4v) is 2.30. The first-order valence-electron chi connectivity index (χ1n) is 7.78. The van der Waals surface area contributed by atoms with Crippen LogP contribution in [0.1, 0.15) is 13.8 Å². The zero-order valence-corrected chi connectivity index (χ0v) is 14.0. The minimum absolute atomic E-state index is 0.362. The standard InChI is InChI=1S/C19H21N3O2/c1-4-22(13-14(2)3)19(24)18(23)21-16-11-8-12-20-17(16)15-9-6-5-7-10-15/h5-12H,2,4,13H2,1,3H3,(H,21,23). The zero-order valence-electron chi connectivity index (χ0n) is 14.0. The Balaban J connectivity index is 2.21. The van der Waals surface area contributed by atoms with Crippen molar-refractivity contribution in [3.05, 3.63) is 60.8 Å². The molecule has 0 unspecified atom stereocenters. The van der Waals surface area contributed by atoms with Crippen LogP contribution >= 0.6 is 0 Å².